The molecule has 0 aromatic carbocycles. The number of aromatic nitrogens is 1. The minimum Gasteiger partial charge on any atom is -0.348 e. The topological polar surface area (TPSA) is 42.2 Å². The summed E-state index contributed by atoms with van der Waals surface area (Å²) in [6.07, 6.45) is 1.27. The predicted octanol–water partition coefficient (Wildman–Crippen LogP) is 3.21. The molecule has 2 rings (SSSR count). The first kappa shape index (κ1) is 13.8. The minimum absolute atomic E-state index is 0.467. The van der Waals surface area contributed by atoms with Crippen molar-refractivity contribution in [2.75, 3.05) is 18.0 Å². The SMILES string of the molecule is CC(C)c1nc(N2CCC(C)C(C)C2)sc1CN. The molecule has 1 aliphatic rings. The van der Waals surface area contributed by atoms with Gasteiger partial charge in [-0.2, -0.15) is 0 Å². The molecule has 2 unspecified atom stereocenters. The van der Waals surface area contributed by atoms with Gasteiger partial charge in [-0.25, -0.2) is 4.98 Å². The number of hydrogen-bond donors (Lipinski definition) is 1. The molecule has 1 aromatic heterocycles. The summed E-state index contributed by atoms with van der Waals surface area (Å²) in [6, 6.07) is 0. The van der Waals surface area contributed by atoms with Crippen LogP contribution >= 0.6 is 11.3 Å². The Morgan fingerprint density at radius 1 is 1.39 bits per heavy atom. The van der Waals surface area contributed by atoms with Gasteiger partial charge in [-0.15, -0.1) is 11.3 Å². The summed E-state index contributed by atoms with van der Waals surface area (Å²) in [7, 11) is 0. The quantitative estimate of drug-likeness (QED) is 0.914. The summed E-state index contributed by atoms with van der Waals surface area (Å²) in [5.74, 6) is 2.06. The van der Waals surface area contributed by atoms with Gasteiger partial charge in [-0.3, -0.25) is 0 Å². The van der Waals surface area contributed by atoms with Crippen LogP contribution in [0.25, 0.3) is 0 Å². The van der Waals surface area contributed by atoms with Crippen LogP contribution in [-0.4, -0.2) is 18.1 Å². The number of nitrogens with zero attached hydrogens (tertiary/aromatic N) is 2. The third kappa shape index (κ3) is 2.69. The van der Waals surface area contributed by atoms with Gasteiger partial charge < -0.3 is 10.6 Å². The summed E-state index contributed by atoms with van der Waals surface area (Å²) in [4.78, 5) is 8.53. The van der Waals surface area contributed by atoms with E-state index in [1.54, 1.807) is 11.3 Å². The summed E-state index contributed by atoms with van der Waals surface area (Å²) >= 11 is 1.79. The van der Waals surface area contributed by atoms with Gasteiger partial charge in [0.05, 0.1) is 5.69 Å². The summed E-state index contributed by atoms with van der Waals surface area (Å²) in [5, 5.41) is 1.18. The maximum Gasteiger partial charge on any atom is 0.185 e. The average molecular weight is 267 g/mol. The van der Waals surface area contributed by atoms with Crippen molar-refractivity contribution in [3.8, 4) is 0 Å². The number of thiazole rings is 1. The van der Waals surface area contributed by atoms with E-state index in [1.165, 1.54) is 22.1 Å². The van der Waals surface area contributed by atoms with E-state index >= 15 is 0 Å². The zero-order chi connectivity index (χ0) is 13.3. The molecule has 0 radical (unpaired) electrons. The van der Waals surface area contributed by atoms with Crippen molar-refractivity contribution in [1.82, 2.24) is 4.98 Å². The molecule has 0 spiro atoms. The second kappa shape index (κ2) is 5.57. The molecule has 102 valence electrons. The Bertz CT molecular complexity index is 400. The highest BCUT2D eigenvalue weighted by Crippen LogP contribution is 2.33. The Kier molecular flexibility index (Phi) is 4.28. The largest absolute Gasteiger partial charge is 0.348 e. The average Bonchev–Trinajstić information content (AvgIpc) is 2.77. The number of anilines is 1. The fraction of sp³-hybridized carbons (Fsp3) is 0.786. The van der Waals surface area contributed by atoms with Crippen LogP contribution in [0.4, 0.5) is 5.13 Å². The number of rotatable bonds is 3. The van der Waals surface area contributed by atoms with Crippen molar-refractivity contribution >= 4 is 16.5 Å². The molecule has 0 saturated carbocycles. The number of hydrogen-bond acceptors (Lipinski definition) is 4. The smallest absolute Gasteiger partial charge is 0.185 e. The van der Waals surface area contributed by atoms with Crippen molar-refractivity contribution in [2.45, 2.75) is 46.6 Å². The number of piperidine rings is 1. The van der Waals surface area contributed by atoms with Gasteiger partial charge >= 0.3 is 0 Å². The highest BCUT2D eigenvalue weighted by Gasteiger charge is 2.25. The van der Waals surface area contributed by atoms with Gasteiger partial charge in [0.15, 0.2) is 5.13 Å². The Hall–Kier alpha value is -0.610. The van der Waals surface area contributed by atoms with Crippen molar-refractivity contribution in [3.05, 3.63) is 10.6 Å². The van der Waals surface area contributed by atoms with Crippen LogP contribution in [0.5, 0.6) is 0 Å². The molecular weight excluding hydrogens is 242 g/mol. The maximum atomic E-state index is 5.83. The van der Waals surface area contributed by atoms with Crippen LogP contribution in [0, 0.1) is 11.8 Å². The van der Waals surface area contributed by atoms with E-state index in [9.17, 15) is 0 Å². The molecule has 4 heteroatoms. The van der Waals surface area contributed by atoms with E-state index in [0.29, 0.717) is 12.5 Å². The highest BCUT2D eigenvalue weighted by atomic mass is 32.1. The van der Waals surface area contributed by atoms with Gasteiger partial charge in [0.25, 0.3) is 0 Å². The summed E-state index contributed by atoms with van der Waals surface area (Å²) < 4.78 is 0. The van der Waals surface area contributed by atoms with Crippen molar-refractivity contribution < 1.29 is 0 Å². The normalized spacial score (nSPS) is 24.9. The lowest BCUT2D eigenvalue weighted by atomic mass is 9.89. The number of nitrogens with two attached hydrogens (primary N) is 1. The summed E-state index contributed by atoms with van der Waals surface area (Å²) in [5.41, 5.74) is 7.03. The second-order valence-electron chi connectivity index (χ2n) is 5.85. The molecule has 3 nitrogen and oxygen atoms in total. The van der Waals surface area contributed by atoms with Crippen molar-refractivity contribution in [2.24, 2.45) is 17.6 Å². The predicted molar refractivity (Wildman–Crippen MR) is 79.3 cm³/mol. The van der Waals surface area contributed by atoms with E-state index in [0.717, 1.165) is 24.9 Å². The minimum atomic E-state index is 0.467. The van der Waals surface area contributed by atoms with E-state index in [4.69, 9.17) is 10.7 Å². The molecule has 1 aromatic rings. The second-order valence-corrected chi connectivity index (χ2v) is 6.92. The fourth-order valence-corrected chi connectivity index (χ4v) is 3.65. The Morgan fingerprint density at radius 3 is 2.61 bits per heavy atom. The zero-order valence-electron chi connectivity index (χ0n) is 11.9. The molecule has 0 amide bonds. The van der Waals surface area contributed by atoms with Crippen LogP contribution in [0.2, 0.25) is 0 Å². The van der Waals surface area contributed by atoms with E-state index < -0.39 is 0 Å². The molecule has 2 N–H and O–H groups in total. The third-order valence-electron chi connectivity index (χ3n) is 4.05. The fourth-order valence-electron chi connectivity index (χ4n) is 2.52. The lowest BCUT2D eigenvalue weighted by Gasteiger charge is -2.35. The van der Waals surface area contributed by atoms with Crippen LogP contribution in [0.15, 0.2) is 0 Å². The first-order valence-electron chi connectivity index (χ1n) is 6.97. The van der Waals surface area contributed by atoms with Gasteiger partial charge in [0.1, 0.15) is 0 Å². The van der Waals surface area contributed by atoms with Crippen LogP contribution < -0.4 is 10.6 Å². The lowest BCUT2D eigenvalue weighted by Crippen LogP contribution is -2.38. The summed E-state index contributed by atoms with van der Waals surface area (Å²) in [6.45, 7) is 12.0. The van der Waals surface area contributed by atoms with E-state index in [-0.39, 0.29) is 0 Å². The molecule has 1 fully saturated rings. The maximum absolute atomic E-state index is 5.83. The standard InChI is InChI=1S/C14H25N3S/c1-9(2)13-12(7-15)18-14(16-13)17-6-5-10(3)11(4)8-17/h9-11H,5-8,15H2,1-4H3. The molecule has 2 atom stereocenters. The monoisotopic (exact) mass is 267 g/mol. The van der Waals surface area contributed by atoms with Gasteiger partial charge in [-0.1, -0.05) is 27.7 Å². The van der Waals surface area contributed by atoms with Crippen molar-refractivity contribution in [3.63, 3.8) is 0 Å². The van der Waals surface area contributed by atoms with Gasteiger partial charge in [0, 0.05) is 24.5 Å². The third-order valence-corrected chi connectivity index (χ3v) is 5.21. The molecular formula is C14H25N3S. The highest BCUT2D eigenvalue weighted by molar-refractivity contribution is 7.15. The Labute approximate surface area is 114 Å². The van der Waals surface area contributed by atoms with Crippen LogP contribution in [0.3, 0.4) is 0 Å². The molecule has 2 heterocycles. The van der Waals surface area contributed by atoms with Crippen LogP contribution in [0.1, 0.15) is 50.6 Å². The van der Waals surface area contributed by atoms with Gasteiger partial charge in [-0.05, 0) is 24.2 Å². The van der Waals surface area contributed by atoms with Crippen LogP contribution in [-0.2, 0) is 6.54 Å². The first-order valence-corrected chi connectivity index (χ1v) is 7.79. The van der Waals surface area contributed by atoms with Gasteiger partial charge in [0.2, 0.25) is 0 Å². The Balaban J connectivity index is 2.18. The molecule has 1 aliphatic heterocycles. The van der Waals surface area contributed by atoms with E-state index in [1.807, 2.05) is 0 Å². The molecule has 1 saturated heterocycles. The zero-order valence-corrected chi connectivity index (χ0v) is 12.8. The Morgan fingerprint density at radius 2 is 2.11 bits per heavy atom. The first-order chi connectivity index (χ1) is 8.52. The molecule has 0 bridgehead atoms. The van der Waals surface area contributed by atoms with Crippen molar-refractivity contribution in [1.29, 1.82) is 0 Å². The molecule has 18 heavy (non-hydrogen) atoms. The van der Waals surface area contributed by atoms with E-state index in [2.05, 4.69) is 32.6 Å². The molecule has 0 aliphatic carbocycles. The lowest BCUT2D eigenvalue weighted by molar-refractivity contribution is 0.323.